The van der Waals surface area contributed by atoms with Crippen molar-refractivity contribution in [2.75, 3.05) is 12.4 Å². The molecule has 144 valence electrons. The molecule has 0 radical (unpaired) electrons. The number of rotatable bonds is 4. The number of nitrogens with zero attached hydrogens (tertiary/aromatic N) is 1. The number of amides is 1. The number of carbonyl (C=O) groups is 1. The Kier molecular flexibility index (Phi) is 5.07. The first-order valence-electron chi connectivity index (χ1n) is 8.91. The van der Waals surface area contributed by atoms with Crippen LogP contribution in [0, 0.1) is 5.82 Å². The number of halogens is 1. The molecule has 0 aliphatic rings. The third kappa shape index (κ3) is 4.16. The Morgan fingerprint density at radius 3 is 2.59 bits per heavy atom. The van der Waals surface area contributed by atoms with Crippen molar-refractivity contribution in [3.05, 3.63) is 95.8 Å². The standard InChI is InChI=1S/C23H17FN2O3/c1-28-19-11-10-15-12-20(22(27)25-17-7-3-2-4-8-17)23(29-21(15)14-19)26-18-9-5-6-16(24)13-18/h2-14H,1H3,(H,25,27). The Labute approximate surface area is 166 Å². The maximum atomic E-state index is 13.6. The zero-order chi connectivity index (χ0) is 20.2. The fraction of sp³-hybridized carbons (Fsp3) is 0.0435. The first-order valence-corrected chi connectivity index (χ1v) is 8.91. The third-order valence-corrected chi connectivity index (χ3v) is 4.27. The molecule has 0 saturated heterocycles. The Morgan fingerprint density at radius 1 is 1.00 bits per heavy atom. The van der Waals surface area contributed by atoms with E-state index in [0.717, 1.165) is 0 Å². The predicted molar refractivity (Wildman–Crippen MR) is 109 cm³/mol. The van der Waals surface area contributed by atoms with E-state index in [1.807, 2.05) is 18.2 Å². The molecule has 1 amide bonds. The topological polar surface area (TPSA) is 63.8 Å². The van der Waals surface area contributed by atoms with E-state index < -0.39 is 5.82 Å². The largest absolute Gasteiger partial charge is 0.497 e. The quantitative estimate of drug-likeness (QED) is 0.531. The number of benzene rings is 3. The number of para-hydroxylation sites is 1. The van der Waals surface area contributed by atoms with Gasteiger partial charge >= 0.3 is 0 Å². The van der Waals surface area contributed by atoms with Gasteiger partial charge in [-0.25, -0.2) is 9.38 Å². The minimum Gasteiger partial charge on any atom is -0.497 e. The predicted octanol–water partition coefficient (Wildman–Crippen LogP) is 5.07. The molecule has 0 saturated carbocycles. The highest BCUT2D eigenvalue weighted by atomic mass is 19.1. The van der Waals surface area contributed by atoms with Crippen molar-refractivity contribution in [2.24, 2.45) is 4.99 Å². The summed E-state index contributed by atoms with van der Waals surface area (Å²) in [6.07, 6.45) is 0. The minimum atomic E-state index is -0.427. The summed E-state index contributed by atoms with van der Waals surface area (Å²) in [7, 11) is 1.56. The van der Waals surface area contributed by atoms with Crippen molar-refractivity contribution < 1.29 is 18.3 Å². The molecule has 5 nitrogen and oxygen atoms in total. The molecule has 1 heterocycles. The van der Waals surface area contributed by atoms with E-state index in [4.69, 9.17) is 9.15 Å². The lowest BCUT2D eigenvalue weighted by atomic mass is 10.1. The Balaban J connectivity index is 1.87. The van der Waals surface area contributed by atoms with E-state index >= 15 is 0 Å². The van der Waals surface area contributed by atoms with Gasteiger partial charge in [-0.1, -0.05) is 24.3 Å². The van der Waals surface area contributed by atoms with Crippen LogP contribution in [0.2, 0.25) is 0 Å². The van der Waals surface area contributed by atoms with Gasteiger partial charge in [-0.15, -0.1) is 0 Å². The summed E-state index contributed by atoms with van der Waals surface area (Å²) in [6.45, 7) is 0. The molecule has 0 aliphatic heterocycles. The summed E-state index contributed by atoms with van der Waals surface area (Å²) in [5.74, 6) is -0.198. The van der Waals surface area contributed by atoms with Crippen LogP contribution in [0.1, 0.15) is 10.4 Å². The number of methoxy groups -OCH3 is 1. The van der Waals surface area contributed by atoms with Crippen LogP contribution in [-0.4, -0.2) is 13.0 Å². The molecule has 0 fully saturated rings. The van der Waals surface area contributed by atoms with Gasteiger partial charge in [0.15, 0.2) is 0 Å². The third-order valence-electron chi connectivity index (χ3n) is 4.27. The van der Waals surface area contributed by atoms with Gasteiger partial charge in [0.25, 0.3) is 5.91 Å². The number of nitrogens with one attached hydrogen (secondary N) is 1. The second-order valence-electron chi connectivity index (χ2n) is 6.28. The highest BCUT2D eigenvalue weighted by molar-refractivity contribution is 6.05. The Hall–Kier alpha value is -3.93. The molecular formula is C23H17FN2O3. The van der Waals surface area contributed by atoms with Crippen molar-refractivity contribution in [3.63, 3.8) is 0 Å². The van der Waals surface area contributed by atoms with E-state index in [9.17, 15) is 9.18 Å². The average molecular weight is 388 g/mol. The molecule has 3 aromatic carbocycles. The number of fused-ring (bicyclic) bond motifs is 1. The van der Waals surface area contributed by atoms with Crippen molar-refractivity contribution in [1.29, 1.82) is 0 Å². The maximum absolute atomic E-state index is 13.6. The normalized spacial score (nSPS) is 11.4. The minimum absolute atomic E-state index is 0.0739. The number of ether oxygens (including phenoxy) is 1. The van der Waals surface area contributed by atoms with E-state index in [-0.39, 0.29) is 17.0 Å². The Bertz CT molecular complexity index is 1250. The molecule has 0 aliphatic carbocycles. The highest BCUT2D eigenvalue weighted by Crippen LogP contribution is 2.21. The van der Waals surface area contributed by atoms with Gasteiger partial charge in [-0.3, -0.25) is 4.79 Å². The molecule has 4 aromatic rings. The first-order chi connectivity index (χ1) is 14.1. The summed E-state index contributed by atoms with van der Waals surface area (Å²) in [5, 5.41) is 3.54. The number of anilines is 1. The summed E-state index contributed by atoms with van der Waals surface area (Å²) in [4.78, 5) is 17.3. The number of hydrogen-bond acceptors (Lipinski definition) is 4. The molecule has 1 N–H and O–H groups in total. The van der Waals surface area contributed by atoms with Crippen LogP contribution in [0.15, 0.2) is 88.3 Å². The van der Waals surface area contributed by atoms with Gasteiger partial charge in [-0.05, 0) is 48.5 Å². The van der Waals surface area contributed by atoms with Gasteiger partial charge in [0, 0.05) is 17.1 Å². The average Bonchev–Trinajstić information content (AvgIpc) is 2.73. The van der Waals surface area contributed by atoms with E-state index in [2.05, 4.69) is 10.3 Å². The van der Waals surface area contributed by atoms with Crippen LogP contribution in [-0.2, 0) is 0 Å². The van der Waals surface area contributed by atoms with Crippen molar-refractivity contribution in [2.45, 2.75) is 0 Å². The molecule has 6 heteroatoms. The fourth-order valence-electron chi connectivity index (χ4n) is 2.85. The highest BCUT2D eigenvalue weighted by Gasteiger charge is 2.14. The molecule has 0 spiro atoms. The van der Waals surface area contributed by atoms with Crippen LogP contribution in [0.5, 0.6) is 5.75 Å². The molecule has 0 bridgehead atoms. The lowest BCUT2D eigenvalue weighted by Gasteiger charge is -2.08. The molecule has 4 rings (SSSR count). The smallest absolute Gasteiger partial charge is 0.261 e. The summed E-state index contributed by atoms with van der Waals surface area (Å²) >= 11 is 0. The zero-order valence-electron chi connectivity index (χ0n) is 15.6. The van der Waals surface area contributed by atoms with Gasteiger partial charge < -0.3 is 14.5 Å². The Morgan fingerprint density at radius 2 is 1.83 bits per heavy atom. The van der Waals surface area contributed by atoms with Crippen LogP contribution < -0.4 is 15.6 Å². The number of carbonyl (C=O) groups excluding carboxylic acids is 1. The second kappa shape index (κ2) is 7.98. The van der Waals surface area contributed by atoms with E-state index in [0.29, 0.717) is 28.1 Å². The molecule has 29 heavy (non-hydrogen) atoms. The summed E-state index contributed by atoms with van der Waals surface area (Å²) < 4.78 is 24.7. The van der Waals surface area contributed by atoms with Crippen molar-refractivity contribution in [3.8, 4) is 5.75 Å². The summed E-state index contributed by atoms with van der Waals surface area (Å²) in [5.41, 5.74) is 1.78. The maximum Gasteiger partial charge on any atom is 0.261 e. The molecule has 1 aromatic heterocycles. The molecular weight excluding hydrogens is 371 g/mol. The van der Waals surface area contributed by atoms with Crippen molar-refractivity contribution >= 4 is 28.3 Å². The van der Waals surface area contributed by atoms with Crippen LogP contribution >= 0.6 is 0 Å². The van der Waals surface area contributed by atoms with Gasteiger partial charge in [0.05, 0.1) is 12.8 Å². The lowest BCUT2D eigenvalue weighted by molar-refractivity contribution is 0.102. The zero-order valence-corrected chi connectivity index (χ0v) is 15.6. The number of hydrogen-bond donors (Lipinski definition) is 1. The van der Waals surface area contributed by atoms with E-state index in [1.54, 1.807) is 55.6 Å². The van der Waals surface area contributed by atoms with Crippen LogP contribution in [0.3, 0.4) is 0 Å². The lowest BCUT2D eigenvalue weighted by Crippen LogP contribution is -2.21. The van der Waals surface area contributed by atoms with E-state index in [1.165, 1.54) is 12.1 Å². The van der Waals surface area contributed by atoms with Gasteiger partial charge in [-0.2, -0.15) is 0 Å². The molecule has 0 unspecified atom stereocenters. The van der Waals surface area contributed by atoms with Gasteiger partial charge in [0.2, 0.25) is 5.55 Å². The van der Waals surface area contributed by atoms with Crippen LogP contribution in [0.4, 0.5) is 15.8 Å². The molecule has 0 atom stereocenters. The second-order valence-corrected chi connectivity index (χ2v) is 6.28. The summed E-state index contributed by atoms with van der Waals surface area (Å²) in [6, 6.07) is 21.8. The fourth-order valence-corrected chi connectivity index (χ4v) is 2.85. The SMILES string of the molecule is COc1ccc2cc(C(=O)Nc3ccccc3)c(=Nc3cccc(F)c3)oc2c1. The monoisotopic (exact) mass is 388 g/mol. The van der Waals surface area contributed by atoms with Gasteiger partial charge in [0.1, 0.15) is 22.7 Å². The van der Waals surface area contributed by atoms with Crippen molar-refractivity contribution in [1.82, 2.24) is 0 Å². The first kappa shape index (κ1) is 18.4. The van der Waals surface area contributed by atoms with Crippen LogP contribution in [0.25, 0.3) is 11.0 Å².